The fourth-order valence-electron chi connectivity index (χ4n) is 2.79. The van der Waals surface area contributed by atoms with E-state index in [-0.39, 0.29) is 5.91 Å². The van der Waals surface area contributed by atoms with Crippen LogP contribution in [0.2, 0.25) is 5.02 Å². The minimum absolute atomic E-state index is 0.119. The minimum atomic E-state index is 0.119. The molecule has 1 aromatic rings. The third-order valence-corrected chi connectivity index (χ3v) is 4.41. The molecule has 0 saturated carbocycles. The van der Waals surface area contributed by atoms with Crippen molar-refractivity contribution in [2.24, 2.45) is 5.92 Å². The van der Waals surface area contributed by atoms with Gasteiger partial charge >= 0.3 is 0 Å². The van der Waals surface area contributed by atoms with Gasteiger partial charge in [0.15, 0.2) is 0 Å². The molecule has 134 valence electrons. The van der Waals surface area contributed by atoms with Gasteiger partial charge in [-0.2, -0.15) is 0 Å². The summed E-state index contributed by atoms with van der Waals surface area (Å²) in [7, 11) is 1.68. The Kier molecular flexibility index (Phi) is 7.34. The fourth-order valence-corrected chi connectivity index (χ4v) is 2.99. The Morgan fingerprint density at radius 2 is 1.92 bits per heavy atom. The lowest BCUT2D eigenvalue weighted by Gasteiger charge is -2.34. The van der Waals surface area contributed by atoms with Crippen LogP contribution in [0.1, 0.15) is 19.4 Å². The molecule has 2 rings (SSSR count). The molecular formula is C18H28ClN3O2. The maximum atomic E-state index is 11.9. The van der Waals surface area contributed by atoms with E-state index in [1.807, 2.05) is 18.2 Å². The summed E-state index contributed by atoms with van der Waals surface area (Å²) in [4.78, 5) is 16.5. The zero-order chi connectivity index (χ0) is 17.5. The number of benzene rings is 1. The van der Waals surface area contributed by atoms with Gasteiger partial charge in [-0.1, -0.05) is 25.4 Å². The van der Waals surface area contributed by atoms with Crippen molar-refractivity contribution >= 4 is 17.5 Å². The zero-order valence-electron chi connectivity index (χ0n) is 14.8. The van der Waals surface area contributed by atoms with Gasteiger partial charge in [-0.05, 0) is 24.1 Å². The molecular weight excluding hydrogens is 326 g/mol. The number of hydrogen-bond donors (Lipinski definition) is 1. The van der Waals surface area contributed by atoms with Gasteiger partial charge in [0, 0.05) is 49.9 Å². The molecule has 1 saturated heterocycles. The number of nitrogens with one attached hydrogen (secondary N) is 1. The summed E-state index contributed by atoms with van der Waals surface area (Å²) in [5, 5.41) is 3.70. The van der Waals surface area contributed by atoms with E-state index in [0.717, 1.165) is 55.6 Å². The maximum Gasteiger partial charge on any atom is 0.234 e. The molecule has 0 radical (unpaired) electrons. The number of nitrogens with zero attached hydrogens (tertiary/aromatic N) is 2. The highest BCUT2D eigenvalue weighted by molar-refractivity contribution is 6.30. The molecule has 0 unspecified atom stereocenters. The average Bonchev–Trinajstić information content (AvgIpc) is 2.55. The van der Waals surface area contributed by atoms with E-state index in [1.54, 1.807) is 7.11 Å². The number of halogens is 1. The molecule has 1 amide bonds. The molecule has 1 N–H and O–H groups in total. The van der Waals surface area contributed by atoms with Gasteiger partial charge in [0.1, 0.15) is 5.75 Å². The number of methoxy groups -OCH3 is 1. The molecule has 1 heterocycles. The Morgan fingerprint density at radius 1 is 1.25 bits per heavy atom. The highest BCUT2D eigenvalue weighted by atomic mass is 35.5. The summed E-state index contributed by atoms with van der Waals surface area (Å²) in [6.07, 6.45) is 0. The van der Waals surface area contributed by atoms with Gasteiger partial charge in [-0.3, -0.25) is 14.6 Å². The summed E-state index contributed by atoms with van der Waals surface area (Å²) >= 11 is 6.10. The van der Waals surface area contributed by atoms with Crippen LogP contribution in [0.25, 0.3) is 0 Å². The molecule has 0 bridgehead atoms. The number of rotatable bonds is 7. The average molecular weight is 354 g/mol. The summed E-state index contributed by atoms with van der Waals surface area (Å²) in [5.41, 5.74) is 1.10. The van der Waals surface area contributed by atoms with Gasteiger partial charge in [-0.15, -0.1) is 0 Å². The number of ether oxygens (including phenoxy) is 1. The molecule has 1 aromatic carbocycles. The fraction of sp³-hybridized carbons (Fsp3) is 0.611. The molecule has 0 aromatic heterocycles. The Bertz CT molecular complexity index is 543. The summed E-state index contributed by atoms with van der Waals surface area (Å²) < 4.78 is 5.41. The van der Waals surface area contributed by atoms with Crippen LogP contribution in [-0.2, 0) is 11.3 Å². The highest BCUT2D eigenvalue weighted by Crippen LogP contribution is 2.24. The minimum Gasteiger partial charge on any atom is -0.496 e. The Morgan fingerprint density at radius 3 is 2.54 bits per heavy atom. The Labute approximate surface area is 149 Å². The highest BCUT2D eigenvalue weighted by Gasteiger charge is 2.20. The number of hydrogen-bond acceptors (Lipinski definition) is 4. The molecule has 5 nitrogen and oxygen atoms in total. The van der Waals surface area contributed by atoms with Crippen LogP contribution < -0.4 is 10.1 Å². The Hall–Kier alpha value is -1.30. The van der Waals surface area contributed by atoms with Crippen LogP contribution in [0.5, 0.6) is 5.75 Å². The van der Waals surface area contributed by atoms with E-state index in [0.29, 0.717) is 12.5 Å². The second-order valence-electron chi connectivity index (χ2n) is 6.71. The van der Waals surface area contributed by atoms with E-state index < -0.39 is 0 Å². The lowest BCUT2D eigenvalue weighted by atomic mass is 10.1. The standard InChI is InChI=1S/C18H28ClN3O2/c1-14(2)11-20-18(23)13-22-8-6-21(7-9-22)12-15-10-16(19)4-5-17(15)24-3/h4-5,10,14H,6-9,11-13H2,1-3H3,(H,20,23). The van der Waals surface area contributed by atoms with E-state index in [4.69, 9.17) is 16.3 Å². The molecule has 0 aliphatic carbocycles. The largest absolute Gasteiger partial charge is 0.496 e. The molecule has 6 heteroatoms. The van der Waals surface area contributed by atoms with Gasteiger partial charge in [0.2, 0.25) is 5.91 Å². The maximum absolute atomic E-state index is 11.9. The normalized spacial score (nSPS) is 16.4. The van der Waals surface area contributed by atoms with Crippen molar-refractivity contribution < 1.29 is 9.53 Å². The van der Waals surface area contributed by atoms with Crippen LogP contribution in [0.4, 0.5) is 0 Å². The number of piperazine rings is 1. The zero-order valence-corrected chi connectivity index (χ0v) is 15.6. The van der Waals surface area contributed by atoms with Gasteiger partial charge in [0.05, 0.1) is 13.7 Å². The summed E-state index contributed by atoms with van der Waals surface area (Å²) in [6.45, 7) is 9.92. The van der Waals surface area contributed by atoms with E-state index in [9.17, 15) is 4.79 Å². The van der Waals surface area contributed by atoms with Crippen LogP contribution in [0.15, 0.2) is 18.2 Å². The quantitative estimate of drug-likeness (QED) is 0.816. The van der Waals surface area contributed by atoms with E-state index >= 15 is 0 Å². The predicted octanol–water partition coefficient (Wildman–Crippen LogP) is 2.24. The first-order valence-electron chi connectivity index (χ1n) is 8.51. The van der Waals surface area contributed by atoms with Gasteiger partial charge in [-0.25, -0.2) is 0 Å². The molecule has 0 atom stereocenters. The Balaban J connectivity index is 1.79. The monoisotopic (exact) mass is 353 g/mol. The van der Waals surface area contributed by atoms with Crippen molar-refractivity contribution in [2.75, 3.05) is 46.4 Å². The number of carbonyl (C=O) groups excluding carboxylic acids is 1. The van der Waals surface area contributed by atoms with Crippen LogP contribution in [0, 0.1) is 5.92 Å². The smallest absolute Gasteiger partial charge is 0.234 e. The second-order valence-corrected chi connectivity index (χ2v) is 7.14. The van der Waals surface area contributed by atoms with Crippen LogP contribution in [0.3, 0.4) is 0 Å². The van der Waals surface area contributed by atoms with E-state index in [1.165, 1.54) is 0 Å². The lowest BCUT2D eigenvalue weighted by molar-refractivity contribution is -0.122. The first-order chi connectivity index (χ1) is 11.5. The number of amides is 1. The van der Waals surface area contributed by atoms with Crippen molar-refractivity contribution in [1.82, 2.24) is 15.1 Å². The molecule has 1 aliphatic rings. The van der Waals surface area contributed by atoms with Gasteiger partial charge < -0.3 is 10.1 Å². The molecule has 24 heavy (non-hydrogen) atoms. The van der Waals surface area contributed by atoms with Crippen LogP contribution >= 0.6 is 11.6 Å². The van der Waals surface area contributed by atoms with Crippen molar-refractivity contribution in [3.8, 4) is 5.75 Å². The van der Waals surface area contributed by atoms with Crippen molar-refractivity contribution in [3.05, 3.63) is 28.8 Å². The van der Waals surface area contributed by atoms with E-state index in [2.05, 4.69) is 29.0 Å². The summed E-state index contributed by atoms with van der Waals surface area (Å²) in [5.74, 6) is 1.47. The van der Waals surface area contributed by atoms with Crippen molar-refractivity contribution in [3.63, 3.8) is 0 Å². The van der Waals surface area contributed by atoms with Crippen molar-refractivity contribution in [2.45, 2.75) is 20.4 Å². The number of carbonyl (C=O) groups is 1. The van der Waals surface area contributed by atoms with Gasteiger partial charge in [0.25, 0.3) is 0 Å². The predicted molar refractivity (Wildman–Crippen MR) is 97.6 cm³/mol. The third kappa shape index (κ3) is 5.96. The topological polar surface area (TPSA) is 44.8 Å². The molecule has 1 fully saturated rings. The third-order valence-electron chi connectivity index (χ3n) is 4.18. The first kappa shape index (κ1) is 19.0. The summed E-state index contributed by atoms with van der Waals surface area (Å²) in [6, 6.07) is 5.72. The SMILES string of the molecule is COc1ccc(Cl)cc1CN1CCN(CC(=O)NCC(C)C)CC1. The molecule has 0 spiro atoms. The van der Waals surface area contributed by atoms with Crippen molar-refractivity contribution in [1.29, 1.82) is 0 Å². The lowest BCUT2D eigenvalue weighted by Crippen LogP contribution is -2.49. The molecule has 1 aliphatic heterocycles. The second kappa shape index (κ2) is 9.25. The first-order valence-corrected chi connectivity index (χ1v) is 8.89. The van der Waals surface area contributed by atoms with Crippen LogP contribution in [-0.4, -0.2) is 62.1 Å².